The number of carbonyl (C=O) groups excluding carboxylic acids is 1. The lowest BCUT2D eigenvalue weighted by Gasteiger charge is -2.10. The molecule has 0 aliphatic carbocycles. The van der Waals surface area contributed by atoms with E-state index < -0.39 is 12.0 Å². The molecular weight excluding hydrogens is 238 g/mol. The highest BCUT2D eigenvalue weighted by atomic mass is 79.9. The topological polar surface area (TPSA) is 70.1 Å². The van der Waals surface area contributed by atoms with Gasteiger partial charge in [0.05, 0.1) is 13.7 Å². The van der Waals surface area contributed by atoms with Crippen molar-refractivity contribution in [2.75, 3.05) is 7.11 Å². The zero-order valence-corrected chi connectivity index (χ0v) is 8.69. The van der Waals surface area contributed by atoms with E-state index in [2.05, 4.69) is 25.7 Å². The van der Waals surface area contributed by atoms with Gasteiger partial charge in [-0.3, -0.25) is 4.79 Å². The van der Waals surface area contributed by atoms with Crippen molar-refractivity contribution in [1.29, 1.82) is 0 Å². The number of halogens is 1. The van der Waals surface area contributed by atoms with Gasteiger partial charge in [-0.2, -0.15) is 0 Å². The van der Waals surface area contributed by atoms with E-state index in [0.717, 1.165) is 0 Å². The molecule has 0 amide bonds. The van der Waals surface area contributed by atoms with Crippen LogP contribution in [-0.2, 0) is 16.1 Å². The molecule has 0 bridgehead atoms. The van der Waals surface area contributed by atoms with Crippen LogP contribution in [0.3, 0.4) is 0 Å². The van der Waals surface area contributed by atoms with E-state index in [1.807, 2.05) is 0 Å². The van der Waals surface area contributed by atoms with Gasteiger partial charge in [0.2, 0.25) is 0 Å². The fourth-order valence-corrected chi connectivity index (χ4v) is 1.27. The van der Waals surface area contributed by atoms with Gasteiger partial charge >= 0.3 is 5.97 Å². The first-order valence-electron chi connectivity index (χ1n) is 3.65. The molecule has 0 fully saturated rings. The van der Waals surface area contributed by atoms with Gasteiger partial charge in [0, 0.05) is 12.4 Å². The molecule has 72 valence electrons. The molecule has 0 radical (unpaired) electrons. The van der Waals surface area contributed by atoms with Gasteiger partial charge < -0.3 is 15.0 Å². The van der Waals surface area contributed by atoms with Crippen LogP contribution in [0.15, 0.2) is 17.1 Å². The lowest BCUT2D eigenvalue weighted by molar-refractivity contribution is -0.142. The Labute approximate surface area is 84.0 Å². The Kier molecular flexibility index (Phi) is 3.44. The molecule has 2 N–H and O–H groups in total. The number of imidazole rings is 1. The fraction of sp³-hybridized carbons (Fsp3) is 0.429. The van der Waals surface area contributed by atoms with E-state index in [0.29, 0.717) is 11.3 Å². The van der Waals surface area contributed by atoms with Gasteiger partial charge in [-0.1, -0.05) is 0 Å². The second-order valence-corrected chi connectivity index (χ2v) is 3.19. The van der Waals surface area contributed by atoms with Gasteiger partial charge in [-0.15, -0.1) is 0 Å². The summed E-state index contributed by atoms with van der Waals surface area (Å²) in [6, 6.07) is -0.657. The predicted octanol–water partition coefficient (Wildman–Crippen LogP) is 0.146. The first-order valence-corrected chi connectivity index (χ1v) is 4.44. The number of esters is 1. The molecule has 5 nitrogen and oxygen atoms in total. The van der Waals surface area contributed by atoms with Crippen molar-refractivity contribution in [3.63, 3.8) is 0 Å². The van der Waals surface area contributed by atoms with Crippen LogP contribution in [-0.4, -0.2) is 28.7 Å². The predicted molar refractivity (Wildman–Crippen MR) is 49.9 cm³/mol. The van der Waals surface area contributed by atoms with E-state index in [4.69, 9.17) is 5.73 Å². The summed E-state index contributed by atoms with van der Waals surface area (Å²) in [7, 11) is 1.31. The molecule has 1 aromatic heterocycles. The van der Waals surface area contributed by atoms with Crippen LogP contribution in [0.5, 0.6) is 0 Å². The molecule has 1 rings (SSSR count). The number of hydrogen-bond donors (Lipinski definition) is 1. The molecule has 1 unspecified atom stereocenters. The van der Waals surface area contributed by atoms with Gasteiger partial charge in [0.15, 0.2) is 4.73 Å². The molecule has 0 spiro atoms. The molecule has 0 saturated heterocycles. The fourth-order valence-electron chi connectivity index (χ4n) is 0.885. The Balaban J connectivity index is 2.59. The quantitative estimate of drug-likeness (QED) is 0.773. The first-order chi connectivity index (χ1) is 6.15. The van der Waals surface area contributed by atoms with Gasteiger partial charge in [0.1, 0.15) is 6.04 Å². The smallest absolute Gasteiger partial charge is 0.324 e. The van der Waals surface area contributed by atoms with Gasteiger partial charge in [-0.05, 0) is 15.9 Å². The third kappa shape index (κ3) is 2.53. The van der Waals surface area contributed by atoms with E-state index in [1.54, 1.807) is 17.0 Å². The molecule has 0 aliphatic rings. The highest BCUT2D eigenvalue weighted by Gasteiger charge is 2.14. The molecule has 0 aliphatic heterocycles. The van der Waals surface area contributed by atoms with Crippen LogP contribution < -0.4 is 5.73 Å². The van der Waals surface area contributed by atoms with Crippen LogP contribution in [0.1, 0.15) is 0 Å². The van der Waals surface area contributed by atoms with Crippen LogP contribution in [0.25, 0.3) is 0 Å². The van der Waals surface area contributed by atoms with Crippen molar-refractivity contribution in [3.8, 4) is 0 Å². The lowest BCUT2D eigenvalue weighted by Crippen LogP contribution is -2.35. The molecule has 6 heteroatoms. The molecule has 1 atom stereocenters. The van der Waals surface area contributed by atoms with Crippen molar-refractivity contribution < 1.29 is 9.53 Å². The first kappa shape index (κ1) is 10.2. The number of hydrogen-bond acceptors (Lipinski definition) is 4. The minimum atomic E-state index is -0.657. The minimum absolute atomic E-state index is 0.354. The largest absolute Gasteiger partial charge is 0.468 e. The number of nitrogens with two attached hydrogens (primary N) is 1. The van der Waals surface area contributed by atoms with Crippen molar-refractivity contribution in [1.82, 2.24) is 9.55 Å². The average Bonchev–Trinajstić information content (AvgIpc) is 2.50. The lowest BCUT2D eigenvalue weighted by atomic mass is 10.3. The Bertz CT molecular complexity index is 300. The molecule has 0 saturated carbocycles. The maximum absolute atomic E-state index is 11.0. The third-order valence-electron chi connectivity index (χ3n) is 1.56. The van der Waals surface area contributed by atoms with E-state index in [1.165, 1.54) is 7.11 Å². The van der Waals surface area contributed by atoms with Crippen molar-refractivity contribution in [2.45, 2.75) is 12.6 Å². The Hall–Kier alpha value is -0.880. The summed E-state index contributed by atoms with van der Waals surface area (Å²) >= 11 is 3.21. The SMILES string of the molecule is COC(=O)C(N)Cn1ccnc1Br. The molecular formula is C7H10BrN3O2. The summed E-state index contributed by atoms with van der Waals surface area (Å²) in [4.78, 5) is 14.9. The van der Waals surface area contributed by atoms with Crippen molar-refractivity contribution >= 4 is 21.9 Å². The van der Waals surface area contributed by atoms with E-state index in [-0.39, 0.29) is 0 Å². The van der Waals surface area contributed by atoms with Gasteiger partial charge in [0.25, 0.3) is 0 Å². The highest BCUT2D eigenvalue weighted by Crippen LogP contribution is 2.06. The molecule has 1 aromatic rings. The number of rotatable bonds is 3. The van der Waals surface area contributed by atoms with E-state index in [9.17, 15) is 4.79 Å². The summed E-state index contributed by atoms with van der Waals surface area (Å²) < 4.78 is 6.86. The minimum Gasteiger partial charge on any atom is -0.468 e. The Morgan fingerprint density at radius 1 is 1.92 bits per heavy atom. The molecule has 0 aromatic carbocycles. The third-order valence-corrected chi connectivity index (χ3v) is 2.22. The second-order valence-electron chi connectivity index (χ2n) is 2.48. The van der Waals surface area contributed by atoms with Crippen LogP contribution >= 0.6 is 15.9 Å². The molecule has 13 heavy (non-hydrogen) atoms. The zero-order valence-electron chi connectivity index (χ0n) is 7.11. The Morgan fingerprint density at radius 2 is 2.62 bits per heavy atom. The summed E-state index contributed by atoms with van der Waals surface area (Å²) in [5.41, 5.74) is 5.54. The maximum atomic E-state index is 11.0. The number of carbonyl (C=O) groups is 1. The van der Waals surface area contributed by atoms with Crippen LogP contribution in [0.2, 0.25) is 0 Å². The van der Waals surface area contributed by atoms with Crippen molar-refractivity contribution in [3.05, 3.63) is 17.1 Å². The normalized spacial score (nSPS) is 12.5. The second kappa shape index (κ2) is 4.38. The summed E-state index contributed by atoms with van der Waals surface area (Å²) in [5, 5.41) is 0. The Morgan fingerprint density at radius 3 is 3.08 bits per heavy atom. The summed E-state index contributed by atoms with van der Waals surface area (Å²) in [6.07, 6.45) is 3.35. The van der Waals surface area contributed by atoms with Crippen LogP contribution in [0, 0.1) is 0 Å². The zero-order chi connectivity index (χ0) is 9.84. The average molecular weight is 248 g/mol. The van der Waals surface area contributed by atoms with Gasteiger partial charge in [-0.25, -0.2) is 4.98 Å². The van der Waals surface area contributed by atoms with E-state index >= 15 is 0 Å². The molecule has 1 heterocycles. The van der Waals surface area contributed by atoms with Crippen molar-refractivity contribution in [2.24, 2.45) is 5.73 Å². The summed E-state index contributed by atoms with van der Waals surface area (Å²) in [5.74, 6) is -0.430. The maximum Gasteiger partial charge on any atom is 0.324 e. The summed E-state index contributed by atoms with van der Waals surface area (Å²) in [6.45, 7) is 0.354. The highest BCUT2D eigenvalue weighted by molar-refractivity contribution is 9.10. The number of nitrogens with zero attached hydrogens (tertiary/aromatic N) is 2. The monoisotopic (exact) mass is 247 g/mol. The number of ether oxygens (including phenoxy) is 1. The van der Waals surface area contributed by atoms with Crippen LogP contribution in [0.4, 0.5) is 0 Å². The standard InChI is InChI=1S/C7H10BrN3O2/c1-13-6(12)5(9)4-11-3-2-10-7(11)8/h2-3,5H,4,9H2,1H3. The number of aromatic nitrogens is 2. The number of methoxy groups -OCH3 is 1.